The zero-order valence-electron chi connectivity index (χ0n) is 13.0. The Kier molecular flexibility index (Phi) is 4.26. The largest absolute Gasteiger partial charge is 0.492 e. The van der Waals surface area contributed by atoms with E-state index in [0.29, 0.717) is 23.9 Å². The molecule has 2 heterocycles. The molecular formula is C15H15N3O5S. The first kappa shape index (κ1) is 16.1. The number of hydrogen-bond donors (Lipinski definition) is 1. The summed E-state index contributed by atoms with van der Waals surface area (Å²) in [6.07, 6.45) is 0. The molecule has 0 bridgehead atoms. The normalized spacial score (nSPS) is 11.4. The molecule has 0 aliphatic rings. The Hall–Kier alpha value is -2.81. The monoisotopic (exact) mass is 349 g/mol. The minimum absolute atomic E-state index is 0.115. The molecule has 24 heavy (non-hydrogen) atoms. The fraction of sp³-hybridized carbons (Fsp3) is 0.200. The third kappa shape index (κ3) is 3.25. The van der Waals surface area contributed by atoms with Crippen LogP contribution >= 0.6 is 0 Å². The number of sulfonamides is 1. The average molecular weight is 349 g/mol. The third-order valence-electron chi connectivity index (χ3n) is 3.01. The fourth-order valence-corrected chi connectivity index (χ4v) is 3.01. The van der Waals surface area contributed by atoms with Crippen molar-refractivity contribution in [3.63, 3.8) is 0 Å². The summed E-state index contributed by atoms with van der Waals surface area (Å²) < 4.78 is 43.4. The predicted octanol–water partition coefficient (Wildman–Crippen LogP) is 2.84. The maximum atomic E-state index is 12.5. The van der Waals surface area contributed by atoms with Crippen LogP contribution in [0.25, 0.3) is 11.7 Å². The van der Waals surface area contributed by atoms with Crippen LogP contribution in [-0.4, -0.2) is 25.2 Å². The van der Waals surface area contributed by atoms with E-state index in [2.05, 4.69) is 14.9 Å². The van der Waals surface area contributed by atoms with Gasteiger partial charge in [0.1, 0.15) is 5.75 Å². The lowest BCUT2D eigenvalue weighted by Crippen LogP contribution is -2.13. The first-order valence-corrected chi connectivity index (χ1v) is 8.63. The van der Waals surface area contributed by atoms with Crippen LogP contribution in [-0.2, 0) is 10.0 Å². The first-order chi connectivity index (χ1) is 11.5. The molecule has 0 aliphatic heterocycles. The molecule has 3 rings (SSSR count). The fourth-order valence-electron chi connectivity index (χ4n) is 2.00. The molecule has 0 spiro atoms. The molecule has 0 radical (unpaired) electrons. The van der Waals surface area contributed by atoms with Gasteiger partial charge < -0.3 is 13.6 Å². The van der Waals surface area contributed by atoms with Gasteiger partial charge in [-0.1, -0.05) is 12.1 Å². The van der Waals surface area contributed by atoms with Crippen molar-refractivity contribution in [1.29, 1.82) is 0 Å². The molecule has 9 heteroatoms. The summed E-state index contributed by atoms with van der Waals surface area (Å²) in [7, 11) is -3.92. The molecule has 1 N–H and O–H groups in total. The van der Waals surface area contributed by atoms with Crippen molar-refractivity contribution in [2.45, 2.75) is 18.9 Å². The molecule has 0 aliphatic carbocycles. The summed E-state index contributed by atoms with van der Waals surface area (Å²) in [6, 6.07) is 9.52. The van der Waals surface area contributed by atoms with Crippen LogP contribution in [0.2, 0.25) is 0 Å². The van der Waals surface area contributed by atoms with Crippen molar-refractivity contribution in [2.75, 3.05) is 11.3 Å². The highest BCUT2D eigenvalue weighted by Gasteiger charge is 2.22. The number of aryl methyl sites for hydroxylation is 1. The smallest absolute Gasteiger partial charge is 0.295 e. The number of benzene rings is 1. The number of hydrogen-bond acceptors (Lipinski definition) is 7. The number of ether oxygens (including phenoxy) is 1. The minimum Gasteiger partial charge on any atom is -0.492 e. The number of para-hydroxylation sites is 2. The zero-order valence-corrected chi connectivity index (χ0v) is 13.8. The SMILES string of the molecule is CCOc1ccccc1NS(=O)(=O)c1ccc(-c2nnc(C)o2)o1. The van der Waals surface area contributed by atoms with Gasteiger partial charge in [0.15, 0.2) is 5.76 Å². The van der Waals surface area contributed by atoms with Gasteiger partial charge >= 0.3 is 0 Å². The van der Waals surface area contributed by atoms with Gasteiger partial charge in [-0.2, -0.15) is 8.42 Å². The highest BCUT2D eigenvalue weighted by atomic mass is 32.2. The first-order valence-electron chi connectivity index (χ1n) is 7.14. The lowest BCUT2D eigenvalue weighted by Gasteiger charge is -2.11. The summed E-state index contributed by atoms with van der Waals surface area (Å²) in [6.45, 7) is 3.86. The van der Waals surface area contributed by atoms with E-state index >= 15 is 0 Å². The van der Waals surface area contributed by atoms with Crippen molar-refractivity contribution in [1.82, 2.24) is 10.2 Å². The summed E-state index contributed by atoms with van der Waals surface area (Å²) in [5.41, 5.74) is 0.325. The van der Waals surface area contributed by atoms with Crippen LogP contribution in [0, 0.1) is 6.92 Å². The van der Waals surface area contributed by atoms with E-state index < -0.39 is 10.0 Å². The van der Waals surface area contributed by atoms with Crippen LogP contribution in [0.3, 0.4) is 0 Å². The quantitative estimate of drug-likeness (QED) is 0.729. The molecule has 0 fully saturated rings. The molecule has 3 aromatic rings. The lowest BCUT2D eigenvalue weighted by molar-refractivity contribution is 0.342. The number of anilines is 1. The standard InChI is InChI=1S/C15H15N3O5S/c1-3-21-12-7-5-4-6-11(12)18-24(19,20)14-9-8-13(23-14)15-17-16-10(2)22-15/h4-9,18H,3H2,1-2H3. The zero-order chi connectivity index (χ0) is 17.2. The van der Waals surface area contributed by atoms with Crippen molar-refractivity contribution >= 4 is 15.7 Å². The Labute approximate surface area is 138 Å². The summed E-state index contributed by atoms with van der Waals surface area (Å²) in [4.78, 5) is 0. The molecular weight excluding hydrogens is 334 g/mol. The Bertz CT molecular complexity index is 945. The Morgan fingerprint density at radius 2 is 1.92 bits per heavy atom. The molecule has 0 unspecified atom stereocenters. The van der Waals surface area contributed by atoms with Gasteiger partial charge in [-0.15, -0.1) is 10.2 Å². The van der Waals surface area contributed by atoms with Gasteiger partial charge in [-0.05, 0) is 31.2 Å². The van der Waals surface area contributed by atoms with Gasteiger partial charge in [0.2, 0.25) is 11.0 Å². The van der Waals surface area contributed by atoms with Crippen LogP contribution < -0.4 is 9.46 Å². The molecule has 126 valence electrons. The van der Waals surface area contributed by atoms with Gasteiger partial charge in [0, 0.05) is 6.92 Å². The second-order valence-electron chi connectivity index (χ2n) is 4.78. The number of furan rings is 1. The minimum atomic E-state index is -3.92. The molecule has 0 amide bonds. The van der Waals surface area contributed by atoms with E-state index in [0.717, 1.165) is 0 Å². The highest BCUT2D eigenvalue weighted by molar-refractivity contribution is 7.92. The molecule has 2 aromatic heterocycles. The average Bonchev–Trinajstić information content (AvgIpc) is 3.18. The van der Waals surface area contributed by atoms with Crippen LogP contribution in [0.5, 0.6) is 5.75 Å². The number of aromatic nitrogens is 2. The maximum Gasteiger partial charge on any atom is 0.295 e. The van der Waals surface area contributed by atoms with E-state index in [1.165, 1.54) is 12.1 Å². The van der Waals surface area contributed by atoms with E-state index in [9.17, 15) is 8.42 Å². The Morgan fingerprint density at radius 3 is 2.62 bits per heavy atom. The Balaban J connectivity index is 1.88. The molecule has 8 nitrogen and oxygen atoms in total. The van der Waals surface area contributed by atoms with Gasteiger partial charge in [0.25, 0.3) is 15.9 Å². The predicted molar refractivity (Wildman–Crippen MR) is 85.2 cm³/mol. The summed E-state index contributed by atoms with van der Waals surface area (Å²) in [5, 5.41) is 7.20. The van der Waals surface area contributed by atoms with Gasteiger partial charge in [-0.25, -0.2) is 0 Å². The van der Waals surface area contributed by atoms with Gasteiger partial charge in [-0.3, -0.25) is 4.72 Å². The van der Waals surface area contributed by atoms with E-state index in [1.807, 2.05) is 6.92 Å². The molecule has 0 saturated heterocycles. The second kappa shape index (κ2) is 6.36. The Morgan fingerprint density at radius 1 is 1.12 bits per heavy atom. The van der Waals surface area contributed by atoms with E-state index in [4.69, 9.17) is 13.6 Å². The molecule has 0 atom stereocenters. The summed E-state index contributed by atoms with van der Waals surface area (Å²) >= 11 is 0. The van der Waals surface area contributed by atoms with Crippen molar-refractivity contribution in [3.8, 4) is 17.4 Å². The third-order valence-corrected chi connectivity index (χ3v) is 4.25. The topological polar surface area (TPSA) is 107 Å². The van der Waals surface area contributed by atoms with Crippen LogP contribution in [0.15, 0.2) is 50.3 Å². The lowest BCUT2D eigenvalue weighted by atomic mass is 10.3. The van der Waals surface area contributed by atoms with Crippen molar-refractivity contribution < 1.29 is 22.0 Å². The molecule has 1 aromatic carbocycles. The van der Waals surface area contributed by atoms with Gasteiger partial charge in [0.05, 0.1) is 12.3 Å². The highest BCUT2D eigenvalue weighted by Crippen LogP contribution is 2.28. The molecule has 0 saturated carbocycles. The number of rotatable bonds is 6. The van der Waals surface area contributed by atoms with Crippen LogP contribution in [0.4, 0.5) is 5.69 Å². The second-order valence-corrected chi connectivity index (χ2v) is 6.39. The van der Waals surface area contributed by atoms with E-state index in [1.54, 1.807) is 31.2 Å². The summed E-state index contributed by atoms with van der Waals surface area (Å²) in [5.74, 6) is 1.08. The van der Waals surface area contributed by atoms with Crippen LogP contribution in [0.1, 0.15) is 12.8 Å². The van der Waals surface area contributed by atoms with Crippen molar-refractivity contribution in [3.05, 3.63) is 42.3 Å². The number of nitrogens with zero attached hydrogens (tertiary/aromatic N) is 2. The maximum absolute atomic E-state index is 12.5. The van der Waals surface area contributed by atoms with E-state index in [-0.39, 0.29) is 16.7 Å². The number of nitrogens with one attached hydrogen (secondary N) is 1. The van der Waals surface area contributed by atoms with Crippen molar-refractivity contribution in [2.24, 2.45) is 0 Å².